The predicted octanol–water partition coefficient (Wildman–Crippen LogP) is 6.09. The number of nitrogen functional groups attached to an aromatic ring is 1. The van der Waals surface area contributed by atoms with Crippen LogP contribution in [-0.2, 0) is 0 Å². The highest BCUT2D eigenvalue weighted by Crippen LogP contribution is 2.38. The van der Waals surface area contributed by atoms with Crippen LogP contribution in [0.15, 0.2) is 60.4 Å². The third-order valence-corrected chi connectivity index (χ3v) is 7.28. The van der Waals surface area contributed by atoms with Crippen LogP contribution in [0.1, 0.15) is 38.1 Å². The van der Waals surface area contributed by atoms with Gasteiger partial charge in [0.15, 0.2) is 0 Å². The fourth-order valence-electron chi connectivity index (χ4n) is 4.81. The van der Waals surface area contributed by atoms with Crippen molar-refractivity contribution in [2.45, 2.75) is 38.1 Å². The number of amides is 1. The number of thiophene rings is 1. The summed E-state index contributed by atoms with van der Waals surface area (Å²) in [6.45, 7) is 0. The Morgan fingerprint density at radius 2 is 1.86 bits per heavy atom. The van der Waals surface area contributed by atoms with Crippen molar-refractivity contribution in [2.24, 2.45) is 5.73 Å². The number of pyridine rings is 1. The van der Waals surface area contributed by atoms with Crippen LogP contribution in [0, 0.1) is 0 Å². The lowest BCUT2D eigenvalue weighted by Gasteiger charge is -2.23. The van der Waals surface area contributed by atoms with Gasteiger partial charge < -0.3 is 21.1 Å². The number of nitrogens with zero attached hydrogens (tertiary/aromatic N) is 4. The number of aromatic nitrogens is 4. The Labute approximate surface area is 206 Å². The number of hydrogen-bond donors (Lipinski definition) is 3. The highest BCUT2D eigenvalue weighted by atomic mass is 32.1. The van der Waals surface area contributed by atoms with Crippen LogP contribution >= 0.6 is 11.3 Å². The summed E-state index contributed by atoms with van der Waals surface area (Å²) >= 11 is 1.71. The third kappa shape index (κ3) is 4.67. The van der Waals surface area contributed by atoms with Crippen LogP contribution in [0.4, 0.5) is 10.6 Å². The average molecular weight is 487 g/mol. The maximum Gasteiger partial charge on any atom is 0.402 e. The zero-order valence-electron chi connectivity index (χ0n) is 19.1. The van der Waals surface area contributed by atoms with Gasteiger partial charge in [-0.25, -0.2) is 19.7 Å². The molecule has 1 aromatic carbocycles. The number of fused-ring (bicyclic) bond motifs is 2. The first-order chi connectivity index (χ1) is 17.0. The maximum absolute atomic E-state index is 8.78. The third-order valence-electron chi connectivity index (χ3n) is 6.38. The monoisotopic (exact) mass is 486 g/mol. The first kappa shape index (κ1) is 22.8. The number of carbonyl (C=O) groups is 1. The Bertz CT molecular complexity index is 1490. The van der Waals surface area contributed by atoms with E-state index in [0.29, 0.717) is 11.9 Å². The molecule has 0 radical (unpaired) electrons. The highest BCUT2D eigenvalue weighted by molar-refractivity contribution is 7.13. The van der Waals surface area contributed by atoms with Crippen molar-refractivity contribution in [1.82, 2.24) is 19.5 Å². The number of anilines is 1. The summed E-state index contributed by atoms with van der Waals surface area (Å²) in [5, 5.41) is 11.4. The zero-order chi connectivity index (χ0) is 24.4. The molecular formula is C26H26N6O2S. The van der Waals surface area contributed by atoms with Gasteiger partial charge in [-0.15, -0.1) is 11.3 Å². The molecule has 4 aromatic heterocycles. The number of nitrogens with two attached hydrogens (primary N) is 2. The molecule has 0 saturated heterocycles. The van der Waals surface area contributed by atoms with E-state index in [-0.39, 0.29) is 0 Å². The molecule has 6 rings (SSSR count). The van der Waals surface area contributed by atoms with Gasteiger partial charge in [0.1, 0.15) is 17.8 Å². The van der Waals surface area contributed by atoms with Gasteiger partial charge in [0.05, 0.1) is 21.5 Å². The van der Waals surface area contributed by atoms with Crippen molar-refractivity contribution in [1.29, 1.82) is 0 Å². The van der Waals surface area contributed by atoms with Gasteiger partial charge in [-0.2, -0.15) is 0 Å². The van der Waals surface area contributed by atoms with Crippen molar-refractivity contribution in [3.63, 3.8) is 0 Å². The summed E-state index contributed by atoms with van der Waals surface area (Å²) in [6, 6.07) is 15.3. The molecule has 1 saturated carbocycles. The highest BCUT2D eigenvalue weighted by Gasteiger charge is 2.22. The molecule has 5 N–H and O–H groups in total. The zero-order valence-corrected chi connectivity index (χ0v) is 19.9. The van der Waals surface area contributed by atoms with Crippen molar-refractivity contribution in [3.05, 3.63) is 60.4 Å². The molecule has 1 aliphatic carbocycles. The first-order valence-corrected chi connectivity index (χ1v) is 12.4. The number of rotatable bonds is 3. The molecule has 0 bridgehead atoms. The Morgan fingerprint density at radius 1 is 1.09 bits per heavy atom. The second kappa shape index (κ2) is 9.71. The number of benzene rings is 1. The Kier molecular flexibility index (Phi) is 6.33. The largest absolute Gasteiger partial charge is 0.465 e. The van der Waals surface area contributed by atoms with Crippen LogP contribution in [0.2, 0.25) is 0 Å². The van der Waals surface area contributed by atoms with Gasteiger partial charge in [0.25, 0.3) is 0 Å². The summed E-state index contributed by atoms with van der Waals surface area (Å²) in [5.41, 5.74) is 15.5. The lowest BCUT2D eigenvalue weighted by atomic mass is 9.95. The minimum Gasteiger partial charge on any atom is -0.465 e. The van der Waals surface area contributed by atoms with Gasteiger partial charge in [-0.3, -0.25) is 0 Å². The standard InChI is InChI=1S/C25H23N5S.CH3NO2/c26-24-23-19(14-30(25(23)28-15-27-24)18-5-2-1-3-6-18)17-9-8-16-10-11-20(29-21(16)13-17)22-7-4-12-31-22;2-1(3)4/h4,7-15,18H,1-3,5-6H2,(H2,26,27,28);2H2,(H,3,4). The molecular weight excluding hydrogens is 460 g/mol. The molecule has 35 heavy (non-hydrogen) atoms. The quantitative estimate of drug-likeness (QED) is 0.283. The van der Waals surface area contributed by atoms with Crippen LogP contribution < -0.4 is 11.5 Å². The lowest BCUT2D eigenvalue weighted by Crippen LogP contribution is -2.12. The Morgan fingerprint density at radius 3 is 2.60 bits per heavy atom. The first-order valence-electron chi connectivity index (χ1n) is 11.6. The van der Waals surface area contributed by atoms with E-state index >= 15 is 0 Å². The van der Waals surface area contributed by atoms with E-state index in [0.717, 1.165) is 38.8 Å². The van der Waals surface area contributed by atoms with E-state index in [2.05, 4.69) is 74.3 Å². The molecule has 0 spiro atoms. The van der Waals surface area contributed by atoms with Crippen LogP contribution in [0.5, 0.6) is 0 Å². The number of primary amides is 1. The van der Waals surface area contributed by atoms with E-state index in [4.69, 9.17) is 20.6 Å². The maximum atomic E-state index is 8.78. The second-order valence-corrected chi connectivity index (χ2v) is 9.57. The molecule has 0 unspecified atom stereocenters. The fourth-order valence-corrected chi connectivity index (χ4v) is 5.51. The molecule has 5 aromatic rings. The molecule has 1 fully saturated rings. The topological polar surface area (TPSA) is 133 Å². The van der Waals surface area contributed by atoms with Gasteiger partial charge in [0.2, 0.25) is 0 Å². The van der Waals surface area contributed by atoms with E-state index in [1.165, 1.54) is 37.0 Å². The van der Waals surface area contributed by atoms with Crippen molar-refractivity contribution in [2.75, 3.05) is 5.73 Å². The molecule has 4 heterocycles. The molecule has 0 aliphatic heterocycles. The molecule has 1 amide bonds. The smallest absolute Gasteiger partial charge is 0.402 e. The molecule has 0 atom stereocenters. The summed E-state index contributed by atoms with van der Waals surface area (Å²) in [7, 11) is 0. The normalized spacial score (nSPS) is 14.1. The summed E-state index contributed by atoms with van der Waals surface area (Å²) in [5.74, 6) is 0.537. The van der Waals surface area contributed by atoms with E-state index in [9.17, 15) is 0 Å². The van der Waals surface area contributed by atoms with Crippen LogP contribution in [0.3, 0.4) is 0 Å². The summed E-state index contributed by atoms with van der Waals surface area (Å²) in [6.07, 6.45) is 8.72. The number of hydrogen-bond acceptors (Lipinski definition) is 6. The average Bonchev–Trinajstić information content (AvgIpc) is 3.53. The van der Waals surface area contributed by atoms with E-state index < -0.39 is 6.09 Å². The minimum absolute atomic E-state index is 0.475. The molecule has 9 heteroatoms. The van der Waals surface area contributed by atoms with Gasteiger partial charge in [-0.1, -0.05) is 43.5 Å². The van der Waals surface area contributed by atoms with Crippen molar-refractivity contribution >= 4 is 45.2 Å². The lowest BCUT2D eigenvalue weighted by molar-refractivity contribution is 0.205. The molecule has 8 nitrogen and oxygen atoms in total. The van der Waals surface area contributed by atoms with Crippen molar-refractivity contribution in [3.8, 4) is 21.7 Å². The summed E-state index contributed by atoms with van der Waals surface area (Å²) in [4.78, 5) is 23.8. The second-order valence-electron chi connectivity index (χ2n) is 8.62. The molecule has 1 aliphatic rings. The Hall–Kier alpha value is -3.98. The van der Waals surface area contributed by atoms with Crippen molar-refractivity contribution < 1.29 is 9.90 Å². The van der Waals surface area contributed by atoms with Gasteiger partial charge >= 0.3 is 6.09 Å². The van der Waals surface area contributed by atoms with Crippen LogP contribution in [0.25, 0.3) is 43.6 Å². The van der Waals surface area contributed by atoms with E-state index in [1.807, 2.05) is 0 Å². The predicted molar refractivity (Wildman–Crippen MR) is 140 cm³/mol. The Balaban J connectivity index is 0.000000591. The summed E-state index contributed by atoms with van der Waals surface area (Å²) < 4.78 is 2.33. The van der Waals surface area contributed by atoms with Crippen LogP contribution in [-0.4, -0.2) is 30.7 Å². The minimum atomic E-state index is -1.33. The van der Waals surface area contributed by atoms with Gasteiger partial charge in [0, 0.05) is 23.2 Å². The van der Waals surface area contributed by atoms with Gasteiger partial charge in [-0.05, 0) is 42.0 Å². The number of carboxylic acid groups (broad SMARTS) is 1. The fraction of sp³-hybridized carbons (Fsp3) is 0.231. The van der Waals surface area contributed by atoms with E-state index in [1.54, 1.807) is 17.7 Å². The SMILES string of the molecule is NC(=O)O.Nc1ncnc2c1c(-c1ccc3ccc(-c4cccs4)nc3c1)cn2C1CCCCC1. The molecule has 178 valence electrons.